The quantitative estimate of drug-likeness (QED) is 0.250. The third-order valence-corrected chi connectivity index (χ3v) is 3.59. The summed E-state index contributed by atoms with van der Waals surface area (Å²) in [7, 11) is 2.86. The second-order valence-corrected chi connectivity index (χ2v) is 4.93. The Hall–Kier alpha value is -2.25. The number of benzene rings is 2. The van der Waals surface area contributed by atoms with E-state index in [1.807, 2.05) is 18.2 Å². The molecular weight excluding hydrogens is 312 g/mol. The number of hydrogen-bond donors (Lipinski definition) is 1. The van der Waals surface area contributed by atoms with Crippen LogP contribution in [0.4, 0.5) is 0 Å². The van der Waals surface area contributed by atoms with Gasteiger partial charge in [-0.25, -0.2) is 4.89 Å². The zero-order valence-electron chi connectivity index (χ0n) is 13.6. The molecule has 0 unspecified atom stereocenters. The number of ether oxygens (including phenoxy) is 3. The molecule has 0 aliphatic heterocycles. The van der Waals surface area contributed by atoms with Crippen molar-refractivity contribution in [1.82, 2.24) is 0 Å². The predicted octanol–water partition coefficient (Wildman–Crippen LogP) is 2.88. The molecule has 2 aromatic carbocycles. The molecule has 1 N–H and O–H groups in total. The number of carbonyl (C=O) groups excluding carboxylic acids is 1. The van der Waals surface area contributed by atoms with E-state index >= 15 is 0 Å². The molecule has 0 atom stereocenters. The highest BCUT2D eigenvalue weighted by atomic mass is 17.1. The van der Waals surface area contributed by atoms with Gasteiger partial charge in [-0.1, -0.05) is 30.3 Å². The van der Waals surface area contributed by atoms with Crippen LogP contribution >= 0.6 is 0 Å². The standard InChI is InChI=1S/C18H20O6/c1-21-18(22-2,15-6-4-3-5-7-15)17(19)14-8-10-16(11-9-14)23-12-13-24-20/h3-11,20H,12-13H2,1-2H3. The Bertz CT molecular complexity index is 634. The van der Waals surface area contributed by atoms with Crippen molar-refractivity contribution in [2.75, 3.05) is 27.4 Å². The summed E-state index contributed by atoms with van der Waals surface area (Å²) in [5.74, 6) is -1.26. The molecule has 0 fully saturated rings. The van der Waals surface area contributed by atoms with Gasteiger partial charge in [0, 0.05) is 25.3 Å². The maximum atomic E-state index is 13.0. The molecule has 0 radical (unpaired) electrons. The molecule has 0 spiro atoms. The molecule has 2 aromatic rings. The van der Waals surface area contributed by atoms with Gasteiger partial charge in [-0.3, -0.25) is 10.1 Å². The van der Waals surface area contributed by atoms with Crippen LogP contribution in [0.5, 0.6) is 5.75 Å². The Morgan fingerprint density at radius 1 is 0.958 bits per heavy atom. The smallest absolute Gasteiger partial charge is 0.260 e. The summed E-state index contributed by atoms with van der Waals surface area (Å²) in [5.41, 5.74) is 1.04. The highest BCUT2D eigenvalue weighted by Crippen LogP contribution is 2.30. The number of rotatable bonds is 9. The van der Waals surface area contributed by atoms with Crippen molar-refractivity contribution in [3.05, 3.63) is 65.7 Å². The molecule has 2 rings (SSSR count). The second kappa shape index (κ2) is 8.56. The first kappa shape index (κ1) is 18.1. The molecule has 6 heteroatoms. The van der Waals surface area contributed by atoms with Gasteiger partial charge in [-0.2, -0.15) is 0 Å². The monoisotopic (exact) mass is 332 g/mol. The van der Waals surface area contributed by atoms with Gasteiger partial charge in [0.1, 0.15) is 19.0 Å². The van der Waals surface area contributed by atoms with Crippen LogP contribution in [0.2, 0.25) is 0 Å². The van der Waals surface area contributed by atoms with E-state index in [1.54, 1.807) is 36.4 Å². The van der Waals surface area contributed by atoms with E-state index < -0.39 is 5.79 Å². The number of hydrogen-bond acceptors (Lipinski definition) is 6. The Balaban J connectivity index is 2.24. The van der Waals surface area contributed by atoms with Gasteiger partial charge in [0.25, 0.3) is 5.79 Å². The van der Waals surface area contributed by atoms with E-state index in [2.05, 4.69) is 4.89 Å². The highest BCUT2D eigenvalue weighted by molar-refractivity contribution is 6.02. The molecule has 0 saturated carbocycles. The SMILES string of the molecule is COC(OC)(C(=O)c1ccc(OCCOO)cc1)c1ccccc1. The average molecular weight is 332 g/mol. The van der Waals surface area contributed by atoms with E-state index in [4.69, 9.17) is 19.5 Å². The van der Waals surface area contributed by atoms with Gasteiger partial charge in [0.15, 0.2) is 0 Å². The first-order valence-electron chi connectivity index (χ1n) is 7.37. The largest absolute Gasteiger partial charge is 0.491 e. The number of ketones is 1. The fourth-order valence-corrected chi connectivity index (χ4v) is 2.38. The fraction of sp³-hybridized carbons (Fsp3) is 0.278. The Morgan fingerprint density at radius 2 is 1.58 bits per heavy atom. The van der Waals surface area contributed by atoms with E-state index in [-0.39, 0.29) is 19.0 Å². The summed E-state index contributed by atoms with van der Waals surface area (Å²) in [4.78, 5) is 16.9. The Kier molecular flexibility index (Phi) is 6.45. The summed E-state index contributed by atoms with van der Waals surface area (Å²) < 4.78 is 16.2. The van der Waals surface area contributed by atoms with Crippen molar-refractivity contribution < 1.29 is 29.1 Å². The molecular formula is C18H20O6. The zero-order valence-corrected chi connectivity index (χ0v) is 13.6. The minimum absolute atomic E-state index is 0.0607. The van der Waals surface area contributed by atoms with Gasteiger partial charge < -0.3 is 14.2 Å². The summed E-state index contributed by atoms with van der Waals surface area (Å²) in [6.45, 7) is 0.263. The van der Waals surface area contributed by atoms with Crippen LogP contribution in [0.25, 0.3) is 0 Å². The fourth-order valence-electron chi connectivity index (χ4n) is 2.38. The molecule has 24 heavy (non-hydrogen) atoms. The lowest BCUT2D eigenvalue weighted by atomic mass is 9.96. The van der Waals surface area contributed by atoms with Gasteiger partial charge in [0.2, 0.25) is 5.78 Å². The van der Waals surface area contributed by atoms with Crippen LogP contribution in [0.1, 0.15) is 15.9 Å². The Morgan fingerprint density at radius 3 is 2.12 bits per heavy atom. The maximum Gasteiger partial charge on any atom is 0.260 e. The van der Waals surface area contributed by atoms with E-state index in [0.29, 0.717) is 16.9 Å². The highest BCUT2D eigenvalue weighted by Gasteiger charge is 2.41. The molecule has 0 heterocycles. The summed E-state index contributed by atoms with van der Waals surface area (Å²) in [5, 5.41) is 8.26. The van der Waals surface area contributed by atoms with Gasteiger partial charge >= 0.3 is 0 Å². The van der Waals surface area contributed by atoms with Crippen molar-refractivity contribution >= 4 is 5.78 Å². The molecule has 0 bridgehead atoms. The van der Waals surface area contributed by atoms with Crippen molar-refractivity contribution in [2.24, 2.45) is 0 Å². The van der Waals surface area contributed by atoms with Crippen LogP contribution in [0.15, 0.2) is 54.6 Å². The summed E-state index contributed by atoms with van der Waals surface area (Å²) >= 11 is 0. The van der Waals surface area contributed by atoms with Gasteiger partial charge in [-0.05, 0) is 24.3 Å². The number of carbonyl (C=O) groups is 1. The van der Waals surface area contributed by atoms with Crippen molar-refractivity contribution in [1.29, 1.82) is 0 Å². The first-order valence-corrected chi connectivity index (χ1v) is 7.37. The van der Waals surface area contributed by atoms with E-state index in [9.17, 15) is 4.79 Å². The molecule has 0 amide bonds. The molecule has 0 aliphatic rings. The van der Waals surface area contributed by atoms with Crippen LogP contribution in [-0.2, 0) is 20.1 Å². The Labute approximate surface area is 140 Å². The van der Waals surface area contributed by atoms with Crippen LogP contribution < -0.4 is 4.74 Å². The molecule has 0 aliphatic carbocycles. The predicted molar refractivity (Wildman–Crippen MR) is 87.0 cm³/mol. The molecule has 6 nitrogen and oxygen atoms in total. The average Bonchev–Trinajstić information content (AvgIpc) is 2.65. The lowest BCUT2D eigenvalue weighted by molar-refractivity contribution is -0.245. The van der Waals surface area contributed by atoms with E-state index in [1.165, 1.54) is 14.2 Å². The maximum absolute atomic E-state index is 13.0. The lowest BCUT2D eigenvalue weighted by Crippen LogP contribution is -2.39. The normalized spacial score (nSPS) is 11.3. The minimum Gasteiger partial charge on any atom is -0.491 e. The van der Waals surface area contributed by atoms with Crippen molar-refractivity contribution in [3.8, 4) is 5.75 Å². The third-order valence-electron chi connectivity index (χ3n) is 3.59. The summed E-state index contributed by atoms with van der Waals surface area (Å²) in [6.07, 6.45) is 0. The lowest BCUT2D eigenvalue weighted by Gasteiger charge is -2.29. The van der Waals surface area contributed by atoms with Gasteiger partial charge in [-0.15, -0.1) is 0 Å². The molecule has 128 valence electrons. The second-order valence-electron chi connectivity index (χ2n) is 4.93. The minimum atomic E-state index is -1.51. The van der Waals surface area contributed by atoms with Crippen LogP contribution in [-0.4, -0.2) is 38.5 Å². The molecule has 0 saturated heterocycles. The zero-order chi connectivity index (χ0) is 17.4. The third kappa shape index (κ3) is 3.80. The van der Waals surface area contributed by atoms with Crippen molar-refractivity contribution in [2.45, 2.75) is 5.79 Å². The van der Waals surface area contributed by atoms with Gasteiger partial charge in [0.05, 0.1) is 0 Å². The number of methoxy groups -OCH3 is 2. The van der Waals surface area contributed by atoms with Crippen molar-refractivity contribution in [3.63, 3.8) is 0 Å². The first-order chi connectivity index (χ1) is 11.7. The van der Waals surface area contributed by atoms with Crippen LogP contribution in [0.3, 0.4) is 0 Å². The topological polar surface area (TPSA) is 74.2 Å². The number of Topliss-reactive ketones (excluding diaryl/α,β-unsaturated/α-hetero) is 1. The van der Waals surface area contributed by atoms with E-state index in [0.717, 1.165) is 0 Å². The molecule has 0 aromatic heterocycles. The summed E-state index contributed by atoms with van der Waals surface area (Å²) in [6, 6.07) is 15.6. The van der Waals surface area contributed by atoms with Crippen LogP contribution in [0, 0.1) is 0 Å².